The van der Waals surface area contributed by atoms with E-state index in [2.05, 4.69) is 39.4 Å². The molecule has 1 aromatic heterocycles. The fourth-order valence-electron chi connectivity index (χ4n) is 3.67. The number of ether oxygens (including phenoxy) is 1. The SMILES string of the molecule is O=C(N[C@@H]1CCCc2c1cnn2Cc1ccccc1)N1CCOCC1. The van der Waals surface area contributed by atoms with E-state index in [9.17, 15) is 4.79 Å². The topological polar surface area (TPSA) is 59.4 Å². The number of carbonyl (C=O) groups excluding carboxylic acids is 1. The molecule has 1 atom stereocenters. The molecule has 2 aromatic rings. The minimum absolute atomic E-state index is 0.0111. The van der Waals surface area contributed by atoms with Gasteiger partial charge in [-0.2, -0.15) is 5.10 Å². The molecular formula is C19H24N4O2. The molecule has 1 aromatic carbocycles. The summed E-state index contributed by atoms with van der Waals surface area (Å²) in [6, 6.07) is 10.4. The first-order valence-corrected chi connectivity index (χ1v) is 9.03. The average molecular weight is 340 g/mol. The van der Waals surface area contributed by atoms with E-state index in [1.165, 1.54) is 16.8 Å². The molecule has 1 aliphatic heterocycles. The van der Waals surface area contributed by atoms with Gasteiger partial charge in [0.05, 0.1) is 32.0 Å². The van der Waals surface area contributed by atoms with E-state index in [0.717, 1.165) is 25.8 Å². The number of benzene rings is 1. The summed E-state index contributed by atoms with van der Waals surface area (Å²) in [5, 5.41) is 7.79. The van der Waals surface area contributed by atoms with Gasteiger partial charge >= 0.3 is 6.03 Å². The third-order valence-corrected chi connectivity index (χ3v) is 5.03. The first-order chi connectivity index (χ1) is 12.3. The second kappa shape index (κ2) is 7.27. The fraction of sp³-hybridized carbons (Fsp3) is 0.474. The van der Waals surface area contributed by atoms with Crippen LogP contribution in [0, 0.1) is 0 Å². The summed E-state index contributed by atoms with van der Waals surface area (Å²) in [5.41, 5.74) is 3.67. The molecule has 1 aliphatic carbocycles. The van der Waals surface area contributed by atoms with Crippen molar-refractivity contribution in [2.75, 3.05) is 26.3 Å². The minimum atomic E-state index is 0.0111. The van der Waals surface area contributed by atoms with Crippen LogP contribution in [0.25, 0.3) is 0 Å². The lowest BCUT2D eigenvalue weighted by Crippen LogP contribution is -2.47. The predicted octanol–water partition coefficient (Wildman–Crippen LogP) is 2.35. The standard InChI is InChI=1S/C19H24N4O2/c24-19(22-9-11-25-12-10-22)21-17-7-4-8-18-16(17)13-20-23(18)14-15-5-2-1-3-6-15/h1-3,5-6,13,17H,4,7-12,14H2,(H,21,24)/t17-/m1/s1. The summed E-state index contributed by atoms with van der Waals surface area (Å²) in [6.07, 6.45) is 5.00. The highest BCUT2D eigenvalue weighted by molar-refractivity contribution is 5.75. The lowest BCUT2D eigenvalue weighted by molar-refractivity contribution is 0.0523. The highest BCUT2D eigenvalue weighted by atomic mass is 16.5. The maximum atomic E-state index is 12.5. The maximum Gasteiger partial charge on any atom is 0.318 e. The summed E-state index contributed by atoms with van der Waals surface area (Å²) >= 11 is 0. The van der Waals surface area contributed by atoms with E-state index >= 15 is 0 Å². The zero-order chi connectivity index (χ0) is 17.1. The van der Waals surface area contributed by atoms with Crippen molar-refractivity contribution in [1.29, 1.82) is 0 Å². The average Bonchev–Trinajstić information content (AvgIpc) is 3.07. The van der Waals surface area contributed by atoms with Crippen molar-refractivity contribution in [3.8, 4) is 0 Å². The van der Waals surface area contributed by atoms with Gasteiger partial charge in [0, 0.05) is 24.3 Å². The second-order valence-corrected chi connectivity index (χ2v) is 6.68. The Kier molecular flexibility index (Phi) is 4.70. The number of hydrogen-bond donors (Lipinski definition) is 1. The quantitative estimate of drug-likeness (QED) is 0.933. The molecular weight excluding hydrogens is 316 g/mol. The molecule has 6 nitrogen and oxygen atoms in total. The molecule has 25 heavy (non-hydrogen) atoms. The van der Waals surface area contributed by atoms with Gasteiger partial charge in [-0.3, -0.25) is 4.68 Å². The van der Waals surface area contributed by atoms with Crippen molar-refractivity contribution in [1.82, 2.24) is 20.0 Å². The van der Waals surface area contributed by atoms with Crippen LogP contribution in [0.3, 0.4) is 0 Å². The number of amides is 2. The molecule has 132 valence electrons. The van der Waals surface area contributed by atoms with E-state index in [0.29, 0.717) is 26.3 Å². The number of nitrogens with one attached hydrogen (secondary N) is 1. The highest BCUT2D eigenvalue weighted by Crippen LogP contribution is 2.30. The monoisotopic (exact) mass is 340 g/mol. The number of urea groups is 1. The number of aromatic nitrogens is 2. The van der Waals surface area contributed by atoms with Crippen LogP contribution in [0.15, 0.2) is 36.5 Å². The molecule has 0 bridgehead atoms. The summed E-state index contributed by atoms with van der Waals surface area (Å²) in [5.74, 6) is 0. The van der Waals surface area contributed by atoms with Crippen LogP contribution < -0.4 is 5.32 Å². The smallest absolute Gasteiger partial charge is 0.318 e. The van der Waals surface area contributed by atoms with Gasteiger partial charge in [-0.05, 0) is 24.8 Å². The number of carbonyl (C=O) groups is 1. The summed E-state index contributed by atoms with van der Waals surface area (Å²) < 4.78 is 7.40. The van der Waals surface area contributed by atoms with Gasteiger partial charge in [0.15, 0.2) is 0 Å². The maximum absolute atomic E-state index is 12.5. The van der Waals surface area contributed by atoms with Crippen molar-refractivity contribution in [3.05, 3.63) is 53.3 Å². The van der Waals surface area contributed by atoms with E-state index in [1.807, 2.05) is 17.2 Å². The molecule has 0 unspecified atom stereocenters. The zero-order valence-corrected chi connectivity index (χ0v) is 14.4. The van der Waals surface area contributed by atoms with Crippen molar-refractivity contribution >= 4 is 6.03 Å². The van der Waals surface area contributed by atoms with Crippen molar-refractivity contribution in [2.45, 2.75) is 31.8 Å². The Hall–Kier alpha value is -2.34. The molecule has 4 rings (SSSR count). The molecule has 2 aliphatic rings. The van der Waals surface area contributed by atoms with E-state index in [1.54, 1.807) is 0 Å². The molecule has 2 amide bonds. The van der Waals surface area contributed by atoms with Crippen LogP contribution in [-0.4, -0.2) is 47.0 Å². The summed E-state index contributed by atoms with van der Waals surface area (Å²) in [7, 11) is 0. The van der Waals surface area contributed by atoms with Crippen molar-refractivity contribution in [3.63, 3.8) is 0 Å². The highest BCUT2D eigenvalue weighted by Gasteiger charge is 2.27. The van der Waals surface area contributed by atoms with Gasteiger partial charge in [-0.1, -0.05) is 30.3 Å². The Bertz CT molecular complexity index is 722. The number of nitrogens with zero attached hydrogens (tertiary/aromatic N) is 3. The van der Waals surface area contributed by atoms with E-state index in [4.69, 9.17) is 4.74 Å². The second-order valence-electron chi connectivity index (χ2n) is 6.68. The lowest BCUT2D eigenvalue weighted by atomic mass is 9.93. The molecule has 1 fully saturated rings. The number of hydrogen-bond acceptors (Lipinski definition) is 3. The minimum Gasteiger partial charge on any atom is -0.378 e. The molecule has 6 heteroatoms. The normalized spacial score (nSPS) is 20.2. The largest absolute Gasteiger partial charge is 0.378 e. The van der Waals surface area contributed by atoms with Crippen LogP contribution in [0.4, 0.5) is 4.79 Å². The zero-order valence-electron chi connectivity index (χ0n) is 14.4. The van der Waals surface area contributed by atoms with Gasteiger partial charge in [0.1, 0.15) is 0 Å². The molecule has 0 spiro atoms. The fourth-order valence-corrected chi connectivity index (χ4v) is 3.67. The Morgan fingerprint density at radius 2 is 2.04 bits per heavy atom. The Labute approximate surface area is 147 Å². The first kappa shape index (κ1) is 16.1. The number of rotatable bonds is 3. The number of fused-ring (bicyclic) bond motifs is 1. The van der Waals surface area contributed by atoms with Gasteiger partial charge in [-0.25, -0.2) is 4.79 Å². The van der Waals surface area contributed by atoms with Crippen molar-refractivity contribution in [2.24, 2.45) is 0 Å². The van der Waals surface area contributed by atoms with E-state index in [-0.39, 0.29) is 12.1 Å². The Morgan fingerprint density at radius 1 is 1.24 bits per heavy atom. The third-order valence-electron chi connectivity index (χ3n) is 5.03. The molecule has 0 saturated carbocycles. The van der Waals surface area contributed by atoms with Crippen LogP contribution in [0.5, 0.6) is 0 Å². The summed E-state index contributed by atoms with van der Waals surface area (Å²) in [4.78, 5) is 14.3. The Morgan fingerprint density at radius 3 is 2.84 bits per heavy atom. The van der Waals surface area contributed by atoms with Gasteiger partial charge in [0.2, 0.25) is 0 Å². The van der Waals surface area contributed by atoms with Crippen LogP contribution in [0.1, 0.15) is 35.7 Å². The predicted molar refractivity (Wildman–Crippen MR) is 94.4 cm³/mol. The molecule has 1 saturated heterocycles. The third kappa shape index (κ3) is 3.54. The summed E-state index contributed by atoms with van der Waals surface area (Å²) in [6.45, 7) is 3.36. The number of morpholine rings is 1. The molecule has 2 heterocycles. The lowest BCUT2D eigenvalue weighted by Gasteiger charge is -2.30. The van der Waals surface area contributed by atoms with Gasteiger partial charge in [0.25, 0.3) is 0 Å². The molecule has 0 radical (unpaired) electrons. The van der Waals surface area contributed by atoms with Crippen LogP contribution in [-0.2, 0) is 17.7 Å². The van der Waals surface area contributed by atoms with Gasteiger partial charge < -0.3 is 15.0 Å². The van der Waals surface area contributed by atoms with Crippen LogP contribution in [0.2, 0.25) is 0 Å². The van der Waals surface area contributed by atoms with Crippen LogP contribution >= 0.6 is 0 Å². The Balaban J connectivity index is 1.47. The molecule has 1 N–H and O–H groups in total. The van der Waals surface area contributed by atoms with E-state index < -0.39 is 0 Å². The van der Waals surface area contributed by atoms with Gasteiger partial charge in [-0.15, -0.1) is 0 Å². The van der Waals surface area contributed by atoms with Crippen molar-refractivity contribution < 1.29 is 9.53 Å². The first-order valence-electron chi connectivity index (χ1n) is 9.03.